The molecule has 0 fully saturated rings. The van der Waals surface area contributed by atoms with Gasteiger partial charge in [-0.25, -0.2) is 9.67 Å². The fourth-order valence-corrected chi connectivity index (χ4v) is 4.18. The molecule has 9 nitrogen and oxygen atoms in total. The van der Waals surface area contributed by atoms with Crippen molar-refractivity contribution in [3.8, 4) is 34.6 Å². The van der Waals surface area contributed by atoms with Crippen LogP contribution in [0.15, 0.2) is 48.9 Å². The average molecular weight is 457 g/mol. The maximum atomic E-state index is 9.55. The summed E-state index contributed by atoms with van der Waals surface area (Å²) in [4.78, 5) is 4.32. The highest BCUT2D eigenvalue weighted by molar-refractivity contribution is 5.66. The predicted molar refractivity (Wildman–Crippen MR) is 124 cm³/mol. The molecule has 172 valence electrons. The van der Waals surface area contributed by atoms with Crippen molar-refractivity contribution in [2.75, 3.05) is 27.4 Å². The number of methoxy groups -OCH3 is 2. The maximum absolute atomic E-state index is 9.55. The number of nitriles is 1. The summed E-state index contributed by atoms with van der Waals surface area (Å²) in [7, 11) is 3.16. The van der Waals surface area contributed by atoms with E-state index in [4.69, 9.17) is 19.3 Å². The van der Waals surface area contributed by atoms with Crippen LogP contribution in [0.4, 0.5) is 0 Å². The van der Waals surface area contributed by atoms with Crippen LogP contribution in [0.25, 0.3) is 16.9 Å². The standard InChI is InChI=1S/C25H24N6O3/c1-32-21-5-3-17(4-6-21)15-30-16-19(13-28-30)24-22-7-9-34-10-8-23(22)29-31(24)20-11-18(12-26)25(33-2)27-14-20/h3-6,11,13-14,16H,7-10,15H2,1-2H3. The molecule has 0 radical (unpaired) electrons. The van der Waals surface area contributed by atoms with Crippen LogP contribution in [0.5, 0.6) is 11.6 Å². The van der Waals surface area contributed by atoms with Gasteiger partial charge in [-0.05, 0) is 30.2 Å². The minimum absolute atomic E-state index is 0.294. The van der Waals surface area contributed by atoms with Crippen LogP contribution >= 0.6 is 0 Å². The summed E-state index contributed by atoms with van der Waals surface area (Å²) in [6.07, 6.45) is 7.03. The quantitative estimate of drug-likeness (QED) is 0.439. The third-order valence-electron chi connectivity index (χ3n) is 5.85. The smallest absolute Gasteiger partial charge is 0.231 e. The normalized spacial score (nSPS) is 13.1. The number of fused-ring (bicyclic) bond motifs is 1. The Balaban J connectivity index is 1.56. The van der Waals surface area contributed by atoms with Gasteiger partial charge in [0.05, 0.1) is 63.4 Å². The van der Waals surface area contributed by atoms with Crippen LogP contribution in [0.3, 0.4) is 0 Å². The van der Waals surface area contributed by atoms with Gasteiger partial charge in [-0.1, -0.05) is 12.1 Å². The monoisotopic (exact) mass is 456 g/mol. The Hall–Kier alpha value is -4.16. The summed E-state index contributed by atoms with van der Waals surface area (Å²) in [5, 5.41) is 19.0. The number of hydrogen-bond donors (Lipinski definition) is 0. The number of nitrogens with zero attached hydrogens (tertiary/aromatic N) is 6. The van der Waals surface area contributed by atoms with Gasteiger partial charge >= 0.3 is 0 Å². The highest BCUT2D eigenvalue weighted by Crippen LogP contribution is 2.32. The Morgan fingerprint density at radius 3 is 2.68 bits per heavy atom. The first-order valence-corrected chi connectivity index (χ1v) is 11.0. The van der Waals surface area contributed by atoms with Gasteiger partial charge < -0.3 is 14.2 Å². The van der Waals surface area contributed by atoms with Gasteiger partial charge in [-0.3, -0.25) is 4.68 Å². The highest BCUT2D eigenvalue weighted by Gasteiger charge is 2.24. The van der Waals surface area contributed by atoms with E-state index in [2.05, 4.69) is 16.2 Å². The van der Waals surface area contributed by atoms with Crippen molar-refractivity contribution in [1.29, 1.82) is 5.26 Å². The average Bonchev–Trinajstić information content (AvgIpc) is 3.41. The van der Waals surface area contributed by atoms with Gasteiger partial charge in [0.2, 0.25) is 5.88 Å². The molecule has 5 rings (SSSR count). The van der Waals surface area contributed by atoms with Crippen molar-refractivity contribution >= 4 is 0 Å². The van der Waals surface area contributed by atoms with Crippen LogP contribution in [0.2, 0.25) is 0 Å². The SMILES string of the molecule is COc1ccc(Cn2cc(-c3c4c(nn3-c3cnc(OC)c(C#N)c3)CCOCC4)cn2)cc1. The van der Waals surface area contributed by atoms with Gasteiger partial charge in [0.15, 0.2) is 0 Å². The second-order valence-electron chi connectivity index (χ2n) is 7.93. The minimum atomic E-state index is 0.294. The number of hydrogen-bond acceptors (Lipinski definition) is 7. The molecule has 0 N–H and O–H groups in total. The number of pyridine rings is 1. The summed E-state index contributed by atoms with van der Waals surface area (Å²) < 4.78 is 19.9. The largest absolute Gasteiger partial charge is 0.497 e. The van der Waals surface area contributed by atoms with Crippen molar-refractivity contribution in [2.24, 2.45) is 0 Å². The fraction of sp³-hybridized carbons (Fsp3) is 0.280. The topological polar surface area (TPSA) is 100 Å². The molecule has 0 spiro atoms. The molecular formula is C25H24N6O3. The van der Waals surface area contributed by atoms with Gasteiger partial charge in [0.25, 0.3) is 0 Å². The third kappa shape index (κ3) is 4.11. The molecular weight excluding hydrogens is 432 g/mol. The summed E-state index contributed by atoms with van der Waals surface area (Å²) in [5.41, 5.74) is 6.19. The van der Waals surface area contributed by atoms with Crippen molar-refractivity contribution in [3.05, 3.63) is 71.3 Å². The van der Waals surface area contributed by atoms with E-state index in [1.807, 2.05) is 46.0 Å². The van der Waals surface area contributed by atoms with Crippen LogP contribution in [-0.4, -0.2) is 52.0 Å². The Kier molecular flexibility index (Phi) is 5.97. The van der Waals surface area contributed by atoms with Crippen molar-refractivity contribution in [2.45, 2.75) is 19.4 Å². The van der Waals surface area contributed by atoms with E-state index in [1.165, 1.54) is 7.11 Å². The van der Waals surface area contributed by atoms with Crippen molar-refractivity contribution in [1.82, 2.24) is 24.5 Å². The summed E-state index contributed by atoms with van der Waals surface area (Å²) in [6.45, 7) is 1.90. The Morgan fingerprint density at radius 1 is 1.09 bits per heavy atom. The molecule has 0 atom stereocenters. The van der Waals surface area contributed by atoms with Crippen LogP contribution in [-0.2, 0) is 24.1 Å². The second-order valence-corrected chi connectivity index (χ2v) is 7.93. The summed E-state index contributed by atoms with van der Waals surface area (Å²) >= 11 is 0. The molecule has 0 amide bonds. The zero-order valence-corrected chi connectivity index (χ0v) is 19.1. The predicted octanol–water partition coefficient (Wildman–Crippen LogP) is 3.18. The van der Waals surface area contributed by atoms with Crippen LogP contribution < -0.4 is 9.47 Å². The lowest BCUT2D eigenvalue weighted by atomic mass is 10.0. The first-order chi connectivity index (χ1) is 16.7. The van der Waals surface area contributed by atoms with E-state index >= 15 is 0 Å². The number of aromatic nitrogens is 5. The Bertz CT molecular complexity index is 1350. The third-order valence-corrected chi connectivity index (χ3v) is 5.85. The first-order valence-electron chi connectivity index (χ1n) is 11.0. The molecule has 1 aliphatic heterocycles. The van der Waals surface area contributed by atoms with E-state index < -0.39 is 0 Å². The molecule has 0 saturated heterocycles. The van der Waals surface area contributed by atoms with E-state index in [-0.39, 0.29) is 0 Å². The Morgan fingerprint density at radius 2 is 1.91 bits per heavy atom. The van der Waals surface area contributed by atoms with E-state index in [9.17, 15) is 5.26 Å². The molecule has 4 heterocycles. The van der Waals surface area contributed by atoms with E-state index in [0.717, 1.165) is 46.7 Å². The van der Waals surface area contributed by atoms with Crippen LogP contribution in [0.1, 0.15) is 22.4 Å². The lowest BCUT2D eigenvalue weighted by Crippen LogP contribution is -2.05. The van der Waals surface area contributed by atoms with Gasteiger partial charge in [0.1, 0.15) is 17.4 Å². The van der Waals surface area contributed by atoms with Crippen molar-refractivity contribution in [3.63, 3.8) is 0 Å². The van der Waals surface area contributed by atoms with Crippen LogP contribution in [0, 0.1) is 11.3 Å². The summed E-state index contributed by atoms with van der Waals surface area (Å²) in [6, 6.07) is 11.8. The molecule has 0 saturated carbocycles. The number of ether oxygens (including phenoxy) is 3. The Labute approximate surface area is 197 Å². The molecule has 0 aliphatic carbocycles. The number of benzene rings is 1. The van der Waals surface area contributed by atoms with E-state index in [0.29, 0.717) is 36.9 Å². The first kappa shape index (κ1) is 21.7. The maximum Gasteiger partial charge on any atom is 0.231 e. The number of rotatable bonds is 6. The highest BCUT2D eigenvalue weighted by atomic mass is 16.5. The lowest BCUT2D eigenvalue weighted by molar-refractivity contribution is 0.146. The fourth-order valence-electron chi connectivity index (χ4n) is 4.18. The van der Waals surface area contributed by atoms with Gasteiger partial charge in [0, 0.05) is 23.7 Å². The van der Waals surface area contributed by atoms with E-state index in [1.54, 1.807) is 19.4 Å². The molecule has 9 heteroatoms. The molecule has 3 aromatic heterocycles. The zero-order chi connectivity index (χ0) is 23.5. The lowest BCUT2D eigenvalue weighted by Gasteiger charge is -2.10. The molecule has 1 aromatic carbocycles. The van der Waals surface area contributed by atoms with Gasteiger partial charge in [-0.2, -0.15) is 15.5 Å². The molecule has 4 aromatic rings. The zero-order valence-electron chi connectivity index (χ0n) is 19.1. The summed E-state index contributed by atoms with van der Waals surface area (Å²) in [5.74, 6) is 1.12. The van der Waals surface area contributed by atoms with Gasteiger partial charge in [-0.15, -0.1) is 0 Å². The molecule has 0 bridgehead atoms. The minimum Gasteiger partial charge on any atom is -0.497 e. The molecule has 0 unspecified atom stereocenters. The molecule has 34 heavy (non-hydrogen) atoms. The van der Waals surface area contributed by atoms with Crippen molar-refractivity contribution < 1.29 is 14.2 Å². The second kappa shape index (κ2) is 9.37. The molecule has 1 aliphatic rings.